The van der Waals surface area contributed by atoms with Gasteiger partial charge in [0.2, 0.25) is 0 Å². The van der Waals surface area contributed by atoms with Crippen LogP contribution in [0.5, 0.6) is 0 Å². The fraction of sp³-hybridized carbons (Fsp3) is 0.882. The van der Waals surface area contributed by atoms with Crippen LogP contribution in [0.25, 0.3) is 0 Å². The zero-order valence-corrected chi connectivity index (χ0v) is 13.7. The summed E-state index contributed by atoms with van der Waals surface area (Å²) >= 11 is 0. The van der Waals surface area contributed by atoms with E-state index in [-0.39, 0.29) is 7.92 Å². The first-order valence-corrected chi connectivity index (χ1v) is 9.96. The summed E-state index contributed by atoms with van der Waals surface area (Å²) in [5, 5.41) is 0. The van der Waals surface area contributed by atoms with Gasteiger partial charge in [-0.1, -0.05) is 85.5 Å². The van der Waals surface area contributed by atoms with Gasteiger partial charge >= 0.3 is 0 Å². The molecule has 1 saturated carbocycles. The number of hydrogen-bond acceptors (Lipinski definition) is 0. The van der Waals surface area contributed by atoms with Crippen LogP contribution in [0, 0.1) is 11.8 Å². The largest absolute Gasteiger partial charge is 0.0838 e. The predicted molar refractivity (Wildman–Crippen MR) is 86.7 cm³/mol. The molecule has 0 radical (unpaired) electrons. The lowest BCUT2D eigenvalue weighted by Gasteiger charge is -2.27. The van der Waals surface area contributed by atoms with Crippen LogP contribution >= 0.6 is 7.92 Å². The van der Waals surface area contributed by atoms with Crippen LogP contribution in [0.15, 0.2) is 11.9 Å². The van der Waals surface area contributed by atoms with Crippen molar-refractivity contribution in [2.75, 3.05) is 12.3 Å². The highest BCUT2D eigenvalue weighted by molar-refractivity contribution is 7.60. The molecule has 1 atom stereocenters. The van der Waals surface area contributed by atoms with Gasteiger partial charge in [-0.25, -0.2) is 0 Å². The van der Waals surface area contributed by atoms with Crippen molar-refractivity contribution in [1.82, 2.24) is 0 Å². The summed E-state index contributed by atoms with van der Waals surface area (Å²) < 4.78 is 0. The number of rotatable bonds is 8. The Morgan fingerprint density at radius 1 is 1.06 bits per heavy atom. The first-order valence-electron chi connectivity index (χ1n) is 8.18. The van der Waals surface area contributed by atoms with Gasteiger partial charge in [0.15, 0.2) is 0 Å². The van der Waals surface area contributed by atoms with Crippen LogP contribution in [0.1, 0.15) is 72.1 Å². The Hall–Kier alpha value is 0.170. The Morgan fingerprint density at radius 2 is 1.67 bits per heavy atom. The Kier molecular flexibility index (Phi) is 9.03. The highest BCUT2D eigenvalue weighted by Crippen LogP contribution is 2.39. The van der Waals surface area contributed by atoms with Crippen LogP contribution in [0.3, 0.4) is 0 Å². The third kappa shape index (κ3) is 6.37. The van der Waals surface area contributed by atoms with E-state index < -0.39 is 0 Å². The molecule has 106 valence electrons. The topological polar surface area (TPSA) is 0 Å². The smallest absolute Gasteiger partial charge is 0.0294 e. The van der Waals surface area contributed by atoms with Gasteiger partial charge in [-0.15, -0.1) is 0 Å². The summed E-state index contributed by atoms with van der Waals surface area (Å²) in [5.74, 6) is 4.52. The second-order valence-corrected chi connectivity index (χ2v) is 8.40. The van der Waals surface area contributed by atoms with Gasteiger partial charge in [-0.2, -0.15) is 0 Å². The number of allylic oxidation sites excluding steroid dienone is 1. The van der Waals surface area contributed by atoms with Gasteiger partial charge < -0.3 is 0 Å². The molecule has 1 aliphatic carbocycles. The predicted octanol–water partition coefficient (Wildman–Crippen LogP) is 6.41. The lowest BCUT2D eigenvalue weighted by Crippen LogP contribution is -2.14. The molecule has 1 heteroatoms. The average molecular weight is 268 g/mol. The van der Waals surface area contributed by atoms with Crippen LogP contribution in [-0.4, -0.2) is 12.3 Å². The molecule has 0 nitrogen and oxygen atoms in total. The minimum absolute atomic E-state index is 0.210. The molecule has 1 rings (SSSR count). The molecule has 18 heavy (non-hydrogen) atoms. The Balaban J connectivity index is 2.27. The van der Waals surface area contributed by atoms with E-state index in [0.29, 0.717) is 0 Å². The molecule has 0 heterocycles. The lowest BCUT2D eigenvalue weighted by molar-refractivity contribution is 0.265. The van der Waals surface area contributed by atoms with Crippen molar-refractivity contribution in [2.24, 2.45) is 11.8 Å². The summed E-state index contributed by atoms with van der Waals surface area (Å²) in [5.41, 5.74) is 0. The first kappa shape index (κ1) is 16.2. The molecule has 0 aromatic rings. The zero-order chi connectivity index (χ0) is 13.2. The Labute approximate surface area is 116 Å². The first-order chi connectivity index (χ1) is 8.77. The molecule has 1 fully saturated rings. The SMILES string of the molecule is CCCP(C=CCC(C)C1CCCCC1)CCC. The zero-order valence-electron chi connectivity index (χ0n) is 12.8. The quantitative estimate of drug-likeness (QED) is 0.446. The van der Waals surface area contributed by atoms with Crippen LogP contribution in [-0.2, 0) is 0 Å². The molecule has 0 aromatic heterocycles. The Morgan fingerprint density at radius 3 is 2.22 bits per heavy atom. The monoisotopic (exact) mass is 268 g/mol. The van der Waals surface area contributed by atoms with Crippen LogP contribution in [0.2, 0.25) is 0 Å². The summed E-state index contributed by atoms with van der Waals surface area (Å²) in [6.45, 7) is 7.12. The second kappa shape index (κ2) is 10.0. The van der Waals surface area contributed by atoms with Crippen molar-refractivity contribution in [3.8, 4) is 0 Å². The van der Waals surface area contributed by atoms with Crippen LogP contribution < -0.4 is 0 Å². The standard InChI is InChI=1S/C17H33P/c1-4-13-18(14-5-2)15-9-10-16(3)17-11-7-6-8-12-17/h9,15-17H,4-8,10-14H2,1-3H3. The van der Waals surface area contributed by atoms with E-state index in [1.165, 1.54) is 63.7 Å². The molecule has 0 N–H and O–H groups in total. The highest BCUT2D eigenvalue weighted by atomic mass is 31.1. The molecule has 1 unspecified atom stereocenters. The summed E-state index contributed by atoms with van der Waals surface area (Å²) in [6, 6.07) is 0. The van der Waals surface area contributed by atoms with Crippen molar-refractivity contribution in [3.63, 3.8) is 0 Å². The molecular weight excluding hydrogens is 235 g/mol. The number of hydrogen-bond donors (Lipinski definition) is 0. The van der Waals surface area contributed by atoms with Crippen LogP contribution in [0.4, 0.5) is 0 Å². The maximum Gasteiger partial charge on any atom is -0.0294 e. The van der Waals surface area contributed by atoms with Gasteiger partial charge in [0.25, 0.3) is 0 Å². The molecular formula is C17H33P. The fourth-order valence-corrected chi connectivity index (χ4v) is 5.25. The maximum atomic E-state index is 2.58. The fourth-order valence-electron chi connectivity index (χ4n) is 3.16. The molecule has 0 saturated heterocycles. The van der Waals surface area contributed by atoms with Crippen molar-refractivity contribution >= 4 is 7.92 Å². The van der Waals surface area contributed by atoms with E-state index in [4.69, 9.17) is 0 Å². The summed E-state index contributed by atoms with van der Waals surface area (Å²) in [6.07, 6.45) is 16.9. The lowest BCUT2D eigenvalue weighted by atomic mass is 9.79. The van der Waals surface area contributed by atoms with E-state index in [0.717, 1.165) is 11.8 Å². The van der Waals surface area contributed by atoms with Crippen molar-refractivity contribution < 1.29 is 0 Å². The van der Waals surface area contributed by atoms with Crippen molar-refractivity contribution in [1.29, 1.82) is 0 Å². The highest BCUT2D eigenvalue weighted by Gasteiger charge is 2.18. The maximum absolute atomic E-state index is 2.58. The molecule has 0 aliphatic heterocycles. The third-order valence-corrected chi connectivity index (χ3v) is 6.98. The normalized spacial score (nSPS) is 19.8. The summed E-state index contributed by atoms with van der Waals surface area (Å²) in [4.78, 5) is 0. The van der Waals surface area contributed by atoms with Gasteiger partial charge in [-0.3, -0.25) is 0 Å². The molecule has 1 aliphatic rings. The van der Waals surface area contributed by atoms with E-state index in [1.54, 1.807) is 0 Å². The van der Waals surface area contributed by atoms with E-state index in [2.05, 4.69) is 32.7 Å². The van der Waals surface area contributed by atoms with Gasteiger partial charge in [-0.05, 0) is 30.6 Å². The molecule has 0 aromatic carbocycles. The minimum atomic E-state index is 0.210. The van der Waals surface area contributed by atoms with E-state index in [9.17, 15) is 0 Å². The van der Waals surface area contributed by atoms with Gasteiger partial charge in [0, 0.05) is 0 Å². The van der Waals surface area contributed by atoms with Crippen molar-refractivity contribution in [2.45, 2.75) is 72.1 Å². The second-order valence-electron chi connectivity index (χ2n) is 6.03. The minimum Gasteiger partial charge on any atom is -0.0838 e. The molecule has 0 spiro atoms. The third-order valence-electron chi connectivity index (χ3n) is 4.30. The average Bonchev–Trinajstić information content (AvgIpc) is 2.40. The Bertz CT molecular complexity index is 210. The van der Waals surface area contributed by atoms with E-state index >= 15 is 0 Å². The van der Waals surface area contributed by atoms with Gasteiger partial charge in [0.05, 0.1) is 0 Å². The van der Waals surface area contributed by atoms with Gasteiger partial charge in [0.1, 0.15) is 0 Å². The molecule has 0 bridgehead atoms. The molecule has 0 amide bonds. The van der Waals surface area contributed by atoms with E-state index in [1.807, 2.05) is 0 Å². The van der Waals surface area contributed by atoms with Crippen molar-refractivity contribution in [3.05, 3.63) is 11.9 Å². The summed E-state index contributed by atoms with van der Waals surface area (Å²) in [7, 11) is 0.210.